The molecule has 1 amide bonds. The lowest BCUT2D eigenvalue weighted by atomic mass is 10.0. The van der Waals surface area contributed by atoms with Crippen LogP contribution in [0, 0.1) is 0 Å². The van der Waals surface area contributed by atoms with Crippen molar-refractivity contribution in [3.63, 3.8) is 0 Å². The van der Waals surface area contributed by atoms with E-state index >= 15 is 0 Å². The molecule has 104 valence electrons. The predicted molar refractivity (Wildman–Crippen MR) is 79.8 cm³/mol. The molecular formula is C15H15NO3S. The van der Waals surface area contributed by atoms with Crippen molar-refractivity contribution < 1.29 is 14.7 Å². The minimum absolute atomic E-state index is 0.160. The van der Waals surface area contributed by atoms with Gasteiger partial charge in [0.25, 0.3) is 5.91 Å². The highest BCUT2D eigenvalue weighted by Crippen LogP contribution is 2.25. The molecule has 2 aromatic rings. The highest BCUT2D eigenvalue weighted by Gasteiger charge is 2.14. The molecule has 1 heterocycles. The second-order valence-corrected chi connectivity index (χ2v) is 5.75. The fourth-order valence-electron chi connectivity index (χ4n) is 1.87. The van der Waals surface area contributed by atoms with Gasteiger partial charge in [-0.15, -0.1) is 11.3 Å². The average Bonchev–Trinajstić information content (AvgIpc) is 2.89. The van der Waals surface area contributed by atoms with Crippen LogP contribution in [0.4, 0.5) is 5.69 Å². The lowest BCUT2D eigenvalue weighted by Crippen LogP contribution is -2.12. The molecule has 2 rings (SSSR count). The number of thiophene rings is 1. The van der Waals surface area contributed by atoms with Gasteiger partial charge in [-0.05, 0) is 29.7 Å². The quantitative estimate of drug-likeness (QED) is 0.899. The van der Waals surface area contributed by atoms with Gasteiger partial charge in [-0.25, -0.2) is 4.79 Å². The van der Waals surface area contributed by atoms with Crippen molar-refractivity contribution in [3.8, 4) is 0 Å². The predicted octanol–water partition coefficient (Wildman–Crippen LogP) is 3.82. The van der Waals surface area contributed by atoms with Crippen LogP contribution < -0.4 is 5.32 Å². The minimum atomic E-state index is -1.02. The standard InChI is InChI=1S/C15H15NO3S/c1-9(2)10-5-3-4-6-11(10)16-14(17)12-7-8-13(20-12)15(18)19/h3-9H,1-2H3,(H,16,17)(H,18,19). The molecule has 2 N–H and O–H groups in total. The summed E-state index contributed by atoms with van der Waals surface area (Å²) in [5.41, 5.74) is 1.81. The molecule has 0 radical (unpaired) electrons. The Morgan fingerprint density at radius 1 is 1.10 bits per heavy atom. The van der Waals surface area contributed by atoms with Gasteiger partial charge in [0.15, 0.2) is 0 Å². The summed E-state index contributed by atoms with van der Waals surface area (Å²) in [7, 11) is 0. The highest BCUT2D eigenvalue weighted by atomic mass is 32.1. The average molecular weight is 289 g/mol. The summed E-state index contributed by atoms with van der Waals surface area (Å²) in [5, 5.41) is 11.7. The van der Waals surface area contributed by atoms with Crippen LogP contribution >= 0.6 is 11.3 Å². The van der Waals surface area contributed by atoms with E-state index in [1.807, 2.05) is 24.3 Å². The summed E-state index contributed by atoms with van der Waals surface area (Å²) in [6, 6.07) is 10.6. The maximum absolute atomic E-state index is 12.1. The van der Waals surface area contributed by atoms with Crippen molar-refractivity contribution in [2.75, 3.05) is 5.32 Å². The van der Waals surface area contributed by atoms with Gasteiger partial charge >= 0.3 is 5.97 Å². The van der Waals surface area contributed by atoms with E-state index in [2.05, 4.69) is 19.2 Å². The maximum atomic E-state index is 12.1. The Kier molecular flexibility index (Phi) is 4.20. The van der Waals surface area contributed by atoms with E-state index in [0.29, 0.717) is 10.8 Å². The molecule has 0 aliphatic carbocycles. The fourth-order valence-corrected chi connectivity index (χ4v) is 2.61. The van der Waals surface area contributed by atoms with Crippen molar-refractivity contribution in [2.45, 2.75) is 19.8 Å². The van der Waals surface area contributed by atoms with E-state index in [0.717, 1.165) is 22.6 Å². The molecule has 0 unspecified atom stereocenters. The number of para-hydroxylation sites is 1. The number of amides is 1. The van der Waals surface area contributed by atoms with Gasteiger partial charge in [-0.2, -0.15) is 0 Å². The molecule has 0 saturated carbocycles. The first kappa shape index (κ1) is 14.3. The van der Waals surface area contributed by atoms with Crippen molar-refractivity contribution in [2.24, 2.45) is 0 Å². The molecule has 5 heteroatoms. The van der Waals surface area contributed by atoms with Crippen LogP contribution in [0.15, 0.2) is 36.4 Å². The Hall–Kier alpha value is -2.14. The van der Waals surface area contributed by atoms with Gasteiger partial charge in [0.05, 0.1) is 4.88 Å². The Bertz CT molecular complexity index is 646. The number of carboxylic acid groups (broad SMARTS) is 1. The summed E-state index contributed by atoms with van der Waals surface area (Å²) in [4.78, 5) is 23.5. The van der Waals surface area contributed by atoms with Crippen molar-refractivity contribution >= 4 is 28.9 Å². The number of hydrogen-bond donors (Lipinski definition) is 2. The third kappa shape index (κ3) is 3.05. The van der Waals surface area contributed by atoms with Crippen LogP contribution in [-0.2, 0) is 0 Å². The number of carbonyl (C=O) groups is 2. The number of rotatable bonds is 4. The number of carboxylic acids is 1. The number of carbonyl (C=O) groups excluding carboxylic acids is 1. The van der Waals surface area contributed by atoms with Gasteiger partial charge in [0, 0.05) is 5.69 Å². The molecular weight excluding hydrogens is 274 g/mol. The largest absolute Gasteiger partial charge is 0.477 e. The van der Waals surface area contributed by atoms with Crippen LogP contribution in [-0.4, -0.2) is 17.0 Å². The summed E-state index contributed by atoms with van der Waals surface area (Å²) >= 11 is 0.971. The molecule has 0 atom stereocenters. The van der Waals surface area contributed by atoms with Gasteiger partial charge in [0.1, 0.15) is 4.88 Å². The van der Waals surface area contributed by atoms with E-state index < -0.39 is 5.97 Å². The number of nitrogens with one attached hydrogen (secondary N) is 1. The number of benzene rings is 1. The highest BCUT2D eigenvalue weighted by molar-refractivity contribution is 7.15. The van der Waals surface area contributed by atoms with Crippen molar-refractivity contribution in [3.05, 3.63) is 51.7 Å². The van der Waals surface area contributed by atoms with E-state index in [1.165, 1.54) is 12.1 Å². The lowest BCUT2D eigenvalue weighted by molar-refractivity contribution is 0.0702. The van der Waals surface area contributed by atoms with Crippen molar-refractivity contribution in [1.82, 2.24) is 0 Å². The van der Waals surface area contributed by atoms with Gasteiger partial charge in [-0.1, -0.05) is 32.0 Å². The zero-order chi connectivity index (χ0) is 14.7. The number of aromatic carboxylic acids is 1. The Morgan fingerprint density at radius 2 is 1.75 bits per heavy atom. The molecule has 20 heavy (non-hydrogen) atoms. The fraction of sp³-hybridized carbons (Fsp3) is 0.200. The second-order valence-electron chi connectivity index (χ2n) is 4.67. The summed E-state index contributed by atoms with van der Waals surface area (Å²) in [5.74, 6) is -1.00. The SMILES string of the molecule is CC(C)c1ccccc1NC(=O)c1ccc(C(=O)O)s1. The van der Waals surface area contributed by atoms with Crippen LogP contribution in [0.1, 0.15) is 44.7 Å². The molecule has 1 aromatic heterocycles. The zero-order valence-electron chi connectivity index (χ0n) is 11.2. The first-order valence-electron chi connectivity index (χ1n) is 6.22. The molecule has 0 fully saturated rings. The molecule has 0 aliphatic heterocycles. The Balaban J connectivity index is 2.21. The summed E-state index contributed by atoms with van der Waals surface area (Å²) in [6.45, 7) is 4.11. The van der Waals surface area contributed by atoms with E-state index in [4.69, 9.17) is 5.11 Å². The third-order valence-electron chi connectivity index (χ3n) is 2.87. The third-order valence-corrected chi connectivity index (χ3v) is 3.94. The van der Waals surface area contributed by atoms with Crippen LogP contribution in [0.2, 0.25) is 0 Å². The molecule has 0 aliphatic rings. The number of hydrogen-bond acceptors (Lipinski definition) is 3. The number of anilines is 1. The molecule has 0 bridgehead atoms. The minimum Gasteiger partial charge on any atom is -0.477 e. The molecule has 4 nitrogen and oxygen atoms in total. The molecule has 0 saturated heterocycles. The van der Waals surface area contributed by atoms with Crippen LogP contribution in [0.3, 0.4) is 0 Å². The van der Waals surface area contributed by atoms with Crippen LogP contribution in [0.25, 0.3) is 0 Å². The second kappa shape index (κ2) is 5.88. The maximum Gasteiger partial charge on any atom is 0.345 e. The molecule has 1 aromatic carbocycles. The first-order valence-corrected chi connectivity index (χ1v) is 7.04. The monoisotopic (exact) mass is 289 g/mol. The van der Waals surface area contributed by atoms with Gasteiger partial charge in [-0.3, -0.25) is 4.79 Å². The topological polar surface area (TPSA) is 66.4 Å². The smallest absolute Gasteiger partial charge is 0.345 e. The summed E-state index contributed by atoms with van der Waals surface area (Å²) < 4.78 is 0. The van der Waals surface area contributed by atoms with E-state index in [-0.39, 0.29) is 10.8 Å². The normalized spacial score (nSPS) is 10.6. The molecule has 0 spiro atoms. The zero-order valence-corrected chi connectivity index (χ0v) is 12.0. The lowest BCUT2D eigenvalue weighted by Gasteiger charge is -2.12. The first-order chi connectivity index (χ1) is 9.49. The van der Waals surface area contributed by atoms with Gasteiger partial charge in [0.2, 0.25) is 0 Å². The Morgan fingerprint density at radius 3 is 2.35 bits per heavy atom. The van der Waals surface area contributed by atoms with Gasteiger partial charge < -0.3 is 10.4 Å². The van der Waals surface area contributed by atoms with E-state index in [1.54, 1.807) is 0 Å². The summed E-state index contributed by atoms with van der Waals surface area (Å²) in [6.07, 6.45) is 0. The van der Waals surface area contributed by atoms with E-state index in [9.17, 15) is 9.59 Å². The Labute approximate surface area is 121 Å². The van der Waals surface area contributed by atoms with Crippen molar-refractivity contribution in [1.29, 1.82) is 0 Å². The van der Waals surface area contributed by atoms with Crippen LogP contribution in [0.5, 0.6) is 0 Å².